The predicted molar refractivity (Wildman–Crippen MR) is 126 cm³/mol. The van der Waals surface area contributed by atoms with Gasteiger partial charge >= 0.3 is 5.97 Å². The third-order valence-electron chi connectivity index (χ3n) is 5.38. The molecule has 0 fully saturated rings. The summed E-state index contributed by atoms with van der Waals surface area (Å²) in [6.07, 6.45) is 0. The molecule has 5 nitrogen and oxygen atoms in total. The van der Waals surface area contributed by atoms with E-state index in [9.17, 15) is 19.1 Å². The fourth-order valence-electron chi connectivity index (χ4n) is 3.96. The topological polar surface area (TPSA) is 68.5 Å². The van der Waals surface area contributed by atoms with Gasteiger partial charge in [0.15, 0.2) is 0 Å². The van der Waals surface area contributed by atoms with Crippen molar-refractivity contribution in [1.29, 1.82) is 0 Å². The monoisotopic (exact) mass is 445 g/mol. The highest BCUT2D eigenvalue weighted by molar-refractivity contribution is 6.06. The molecule has 1 N–H and O–H groups in total. The van der Waals surface area contributed by atoms with E-state index in [4.69, 9.17) is 4.74 Å². The summed E-state index contributed by atoms with van der Waals surface area (Å²) in [4.78, 5) is 25.7. The molecule has 0 amide bonds. The van der Waals surface area contributed by atoms with Crippen LogP contribution in [0.15, 0.2) is 77.6 Å². The minimum absolute atomic E-state index is 0.0141. The van der Waals surface area contributed by atoms with Gasteiger partial charge in [0, 0.05) is 28.4 Å². The van der Waals surface area contributed by atoms with Crippen LogP contribution in [-0.2, 0) is 13.2 Å². The van der Waals surface area contributed by atoms with E-state index in [1.54, 1.807) is 30.3 Å². The highest BCUT2D eigenvalue weighted by atomic mass is 19.1. The molecule has 0 atom stereocenters. The molecule has 4 rings (SSSR count). The third kappa shape index (κ3) is 4.51. The standard InChI is InChI=1S/C27H24FNO4/c1-17(2)15-29-25(27(31)32)24(21-10-6-7-11-23(21)28)22-14-19(12-13-20(22)26(29)30)33-16-18-8-4-3-5-9-18/h3-14,17H,15-16H2,1-2H3,(H,31,32). The van der Waals surface area contributed by atoms with E-state index < -0.39 is 17.3 Å². The quantitative estimate of drug-likeness (QED) is 0.394. The lowest BCUT2D eigenvalue weighted by Crippen LogP contribution is -2.29. The number of rotatable bonds is 7. The van der Waals surface area contributed by atoms with Crippen LogP contribution in [-0.4, -0.2) is 15.6 Å². The summed E-state index contributed by atoms with van der Waals surface area (Å²) in [6.45, 7) is 4.29. The number of carboxylic acid groups (broad SMARTS) is 1. The molecule has 0 aliphatic rings. The molecule has 1 aromatic heterocycles. The number of carboxylic acids is 1. The smallest absolute Gasteiger partial charge is 0.353 e. The Hall–Kier alpha value is -3.93. The fourth-order valence-corrected chi connectivity index (χ4v) is 3.96. The number of nitrogens with zero attached hydrogens (tertiary/aromatic N) is 1. The predicted octanol–water partition coefficient (Wildman–Crippen LogP) is 5.74. The molecule has 0 saturated heterocycles. The fraction of sp³-hybridized carbons (Fsp3) is 0.185. The molecule has 0 unspecified atom stereocenters. The Morgan fingerprint density at radius 1 is 1.00 bits per heavy atom. The zero-order valence-electron chi connectivity index (χ0n) is 18.4. The van der Waals surface area contributed by atoms with E-state index in [0.717, 1.165) is 5.56 Å². The minimum Gasteiger partial charge on any atom is -0.489 e. The number of carbonyl (C=O) groups is 1. The molecular formula is C27H24FNO4. The van der Waals surface area contributed by atoms with Gasteiger partial charge in [0.2, 0.25) is 0 Å². The van der Waals surface area contributed by atoms with Crippen LogP contribution in [0.2, 0.25) is 0 Å². The third-order valence-corrected chi connectivity index (χ3v) is 5.38. The lowest BCUT2D eigenvalue weighted by atomic mass is 9.95. The Labute approximate surface area is 190 Å². The number of aromatic carboxylic acids is 1. The molecular weight excluding hydrogens is 421 g/mol. The number of pyridine rings is 1. The van der Waals surface area contributed by atoms with Crippen LogP contribution in [0.5, 0.6) is 5.75 Å². The number of benzene rings is 3. The Balaban J connectivity index is 1.98. The van der Waals surface area contributed by atoms with Gasteiger partial charge in [-0.15, -0.1) is 0 Å². The molecule has 4 aromatic rings. The van der Waals surface area contributed by atoms with Crippen molar-refractivity contribution in [2.24, 2.45) is 5.92 Å². The van der Waals surface area contributed by atoms with Gasteiger partial charge in [-0.2, -0.15) is 0 Å². The van der Waals surface area contributed by atoms with Crippen molar-refractivity contribution in [3.63, 3.8) is 0 Å². The second-order valence-electron chi connectivity index (χ2n) is 8.30. The number of aromatic nitrogens is 1. The number of hydrogen-bond donors (Lipinski definition) is 1. The molecule has 0 spiro atoms. The first-order valence-corrected chi connectivity index (χ1v) is 10.7. The summed E-state index contributed by atoms with van der Waals surface area (Å²) in [5.41, 5.74) is 0.599. The van der Waals surface area contributed by atoms with Gasteiger partial charge in [0.1, 0.15) is 23.9 Å². The van der Waals surface area contributed by atoms with Crippen molar-refractivity contribution in [1.82, 2.24) is 4.57 Å². The SMILES string of the molecule is CC(C)Cn1c(C(=O)O)c(-c2ccccc2F)c2cc(OCc3ccccc3)ccc2c1=O. The van der Waals surface area contributed by atoms with E-state index >= 15 is 0 Å². The first-order chi connectivity index (χ1) is 15.9. The summed E-state index contributed by atoms with van der Waals surface area (Å²) < 4.78 is 22.0. The second kappa shape index (κ2) is 9.28. The molecule has 0 radical (unpaired) electrons. The highest BCUT2D eigenvalue weighted by Gasteiger charge is 2.25. The van der Waals surface area contributed by atoms with Crippen molar-refractivity contribution in [2.45, 2.75) is 27.0 Å². The van der Waals surface area contributed by atoms with E-state index in [0.29, 0.717) is 23.1 Å². The van der Waals surface area contributed by atoms with Crippen molar-refractivity contribution < 1.29 is 19.0 Å². The Bertz CT molecular complexity index is 1380. The zero-order chi connectivity index (χ0) is 23.5. The minimum atomic E-state index is -1.29. The lowest BCUT2D eigenvalue weighted by molar-refractivity contribution is 0.0683. The van der Waals surface area contributed by atoms with Crippen LogP contribution in [0, 0.1) is 11.7 Å². The van der Waals surface area contributed by atoms with Gasteiger partial charge in [-0.3, -0.25) is 4.79 Å². The Morgan fingerprint density at radius 3 is 2.36 bits per heavy atom. The van der Waals surface area contributed by atoms with Gasteiger partial charge in [0.25, 0.3) is 5.56 Å². The summed E-state index contributed by atoms with van der Waals surface area (Å²) in [7, 11) is 0. The van der Waals surface area contributed by atoms with Crippen molar-refractivity contribution in [2.75, 3.05) is 0 Å². The number of fused-ring (bicyclic) bond motifs is 1. The van der Waals surface area contributed by atoms with Crippen LogP contribution < -0.4 is 10.3 Å². The number of ether oxygens (including phenoxy) is 1. The Kier molecular flexibility index (Phi) is 6.27. The first-order valence-electron chi connectivity index (χ1n) is 10.7. The maximum atomic E-state index is 14.9. The molecule has 1 heterocycles. The highest BCUT2D eigenvalue weighted by Crippen LogP contribution is 2.35. The van der Waals surface area contributed by atoms with Crippen molar-refractivity contribution >= 4 is 16.7 Å². The largest absolute Gasteiger partial charge is 0.489 e. The van der Waals surface area contributed by atoms with Gasteiger partial charge in [-0.25, -0.2) is 9.18 Å². The summed E-state index contributed by atoms with van der Waals surface area (Å²) in [6, 6.07) is 20.5. The maximum absolute atomic E-state index is 14.9. The van der Waals surface area contributed by atoms with Crippen molar-refractivity contribution in [3.8, 4) is 16.9 Å². The van der Waals surface area contributed by atoms with Crippen LogP contribution in [0.25, 0.3) is 21.9 Å². The molecule has 0 aliphatic heterocycles. The molecule has 0 bridgehead atoms. The van der Waals surface area contributed by atoms with E-state index in [2.05, 4.69) is 0 Å². The molecule has 0 aliphatic carbocycles. The van der Waals surface area contributed by atoms with Gasteiger partial charge < -0.3 is 14.4 Å². The molecule has 6 heteroatoms. The van der Waals surface area contributed by atoms with Gasteiger partial charge in [0.05, 0.1) is 0 Å². The van der Waals surface area contributed by atoms with Crippen LogP contribution in [0.4, 0.5) is 4.39 Å². The van der Waals surface area contributed by atoms with E-state index in [1.165, 1.54) is 16.7 Å². The van der Waals surface area contributed by atoms with Gasteiger partial charge in [-0.1, -0.05) is 62.4 Å². The van der Waals surface area contributed by atoms with Crippen LogP contribution >= 0.6 is 0 Å². The molecule has 168 valence electrons. The second-order valence-corrected chi connectivity index (χ2v) is 8.30. The molecule has 0 saturated carbocycles. The van der Waals surface area contributed by atoms with E-state index in [1.807, 2.05) is 44.2 Å². The van der Waals surface area contributed by atoms with E-state index in [-0.39, 0.29) is 29.3 Å². The lowest BCUT2D eigenvalue weighted by Gasteiger charge is -2.19. The summed E-state index contributed by atoms with van der Waals surface area (Å²) in [5, 5.41) is 10.8. The first kappa shape index (κ1) is 22.3. The normalized spacial score (nSPS) is 11.2. The average molecular weight is 445 g/mol. The van der Waals surface area contributed by atoms with Crippen LogP contribution in [0.3, 0.4) is 0 Å². The average Bonchev–Trinajstić information content (AvgIpc) is 2.80. The Morgan fingerprint density at radius 2 is 1.70 bits per heavy atom. The summed E-state index contributed by atoms with van der Waals surface area (Å²) in [5.74, 6) is -1.38. The number of halogens is 1. The molecule has 33 heavy (non-hydrogen) atoms. The zero-order valence-corrected chi connectivity index (χ0v) is 18.4. The van der Waals surface area contributed by atoms with Crippen LogP contribution in [0.1, 0.15) is 29.9 Å². The molecule has 3 aromatic carbocycles. The maximum Gasteiger partial charge on any atom is 0.353 e. The van der Waals surface area contributed by atoms with Gasteiger partial charge in [-0.05, 0) is 35.7 Å². The number of hydrogen-bond acceptors (Lipinski definition) is 3. The summed E-state index contributed by atoms with van der Waals surface area (Å²) >= 11 is 0. The van der Waals surface area contributed by atoms with Crippen molar-refractivity contribution in [3.05, 3.63) is 100 Å².